The van der Waals surface area contributed by atoms with Gasteiger partial charge >= 0.3 is 12.4 Å². The third-order valence-electron chi connectivity index (χ3n) is 8.79. The van der Waals surface area contributed by atoms with E-state index in [2.05, 4.69) is 13.8 Å². The van der Waals surface area contributed by atoms with Gasteiger partial charge in [-0.3, -0.25) is 0 Å². The molecule has 1 nitrogen and oxygen atoms in total. The molecule has 0 aromatic carbocycles. The highest BCUT2D eigenvalue weighted by molar-refractivity contribution is 5.47. The Hall–Kier alpha value is -0.460. The van der Waals surface area contributed by atoms with E-state index in [4.69, 9.17) is 0 Å². The first kappa shape index (κ1) is 16.0. The van der Waals surface area contributed by atoms with Gasteiger partial charge in [-0.15, -0.1) is 0 Å². The van der Waals surface area contributed by atoms with Crippen LogP contribution in [-0.2, 0) is 0 Å². The molecule has 5 unspecified atom stereocenters. The third kappa shape index (κ3) is 1.21. The zero-order valence-corrected chi connectivity index (χ0v) is 13.2. The lowest BCUT2D eigenvalue weighted by Gasteiger charge is -2.62. The molecule has 0 radical (unpaired) electrons. The van der Waals surface area contributed by atoms with Crippen LogP contribution in [0.15, 0.2) is 0 Å². The molecule has 0 bridgehead atoms. The Morgan fingerprint density at radius 3 is 1.91 bits per heavy atom. The molecule has 7 heteroatoms. The van der Waals surface area contributed by atoms with Crippen LogP contribution in [0.4, 0.5) is 26.3 Å². The van der Waals surface area contributed by atoms with E-state index in [1.807, 2.05) is 6.92 Å². The summed E-state index contributed by atoms with van der Waals surface area (Å²) in [7, 11) is 0. The monoisotopic (exact) mass is 342 g/mol. The van der Waals surface area contributed by atoms with Crippen molar-refractivity contribution in [3.8, 4) is 0 Å². The summed E-state index contributed by atoms with van der Waals surface area (Å²) in [5.41, 5.74) is -5.27. The predicted octanol–water partition coefficient (Wildman–Crippen LogP) is 4.69. The number of fused-ring (bicyclic) bond motifs is 1. The molecule has 0 aromatic rings. The second-order valence-electron chi connectivity index (χ2n) is 8.95. The molecule has 3 aliphatic carbocycles. The molecule has 132 valence electrons. The van der Waals surface area contributed by atoms with Crippen LogP contribution in [0.3, 0.4) is 0 Å². The van der Waals surface area contributed by atoms with Crippen molar-refractivity contribution >= 4 is 0 Å². The summed E-state index contributed by atoms with van der Waals surface area (Å²) >= 11 is 0. The van der Waals surface area contributed by atoms with Gasteiger partial charge in [0.25, 0.3) is 5.60 Å². The van der Waals surface area contributed by atoms with Crippen LogP contribution in [0.1, 0.15) is 46.5 Å². The molecule has 3 aliphatic rings. The molecule has 3 fully saturated rings. The molecule has 0 amide bonds. The van der Waals surface area contributed by atoms with Crippen LogP contribution < -0.4 is 0 Å². The maximum atomic E-state index is 13.0. The van der Waals surface area contributed by atoms with Crippen molar-refractivity contribution in [2.24, 2.45) is 33.5 Å². The molecule has 23 heavy (non-hydrogen) atoms. The fraction of sp³-hybridized carbons (Fsp3) is 1.00. The molecule has 0 aliphatic heterocycles. The van der Waals surface area contributed by atoms with E-state index < -0.39 is 35.7 Å². The van der Waals surface area contributed by atoms with Gasteiger partial charge in [0.1, 0.15) is 0 Å². The third-order valence-corrected chi connectivity index (χ3v) is 8.79. The van der Waals surface area contributed by atoms with Crippen LogP contribution in [0.25, 0.3) is 0 Å². The van der Waals surface area contributed by atoms with Gasteiger partial charge in [0, 0.05) is 0 Å². The predicted molar refractivity (Wildman–Crippen MR) is 69.3 cm³/mol. The van der Waals surface area contributed by atoms with Crippen LogP contribution in [0, 0.1) is 33.5 Å². The van der Waals surface area contributed by atoms with Crippen molar-refractivity contribution in [1.29, 1.82) is 0 Å². The van der Waals surface area contributed by atoms with E-state index in [1.54, 1.807) is 0 Å². The largest absolute Gasteiger partial charge is 0.426 e. The van der Waals surface area contributed by atoms with Gasteiger partial charge in [0.15, 0.2) is 0 Å². The Labute approximate surface area is 130 Å². The first-order valence-electron chi connectivity index (χ1n) is 7.99. The van der Waals surface area contributed by atoms with Gasteiger partial charge in [-0.05, 0) is 59.2 Å². The van der Waals surface area contributed by atoms with Crippen LogP contribution in [0.2, 0.25) is 0 Å². The number of hydrogen-bond acceptors (Lipinski definition) is 1. The average Bonchev–Trinajstić information content (AvgIpc) is 2.70. The number of rotatable bonds is 2. The Morgan fingerprint density at radius 2 is 1.52 bits per heavy atom. The summed E-state index contributed by atoms with van der Waals surface area (Å²) in [6, 6.07) is 0. The zero-order chi connectivity index (χ0) is 17.5. The topological polar surface area (TPSA) is 20.2 Å². The Kier molecular flexibility index (Phi) is 2.38. The summed E-state index contributed by atoms with van der Waals surface area (Å²) < 4.78 is 78.1. The van der Waals surface area contributed by atoms with Crippen LogP contribution >= 0.6 is 0 Å². The standard InChI is InChI=1S/C16H20F6O/c1-8-12-6-11(7-13(8,12)10(11,2)3)4-9(12)5-14(23,15(17,18)19)16(20,21)22/h8-9,23H,4-7H2,1-3H3. The minimum absolute atomic E-state index is 0.00943. The molecule has 3 rings (SSSR count). The van der Waals surface area contributed by atoms with Gasteiger partial charge in [0.05, 0.1) is 0 Å². The number of hydrogen-bond donors (Lipinski definition) is 1. The fourth-order valence-corrected chi connectivity index (χ4v) is 7.70. The summed E-state index contributed by atoms with van der Waals surface area (Å²) in [6.45, 7) is 6.18. The van der Waals surface area contributed by atoms with E-state index in [9.17, 15) is 31.4 Å². The number of alkyl halides is 6. The molecule has 0 aromatic heterocycles. The van der Waals surface area contributed by atoms with Crippen molar-refractivity contribution in [3.05, 3.63) is 0 Å². The Bertz CT molecular complexity index is 578. The Morgan fingerprint density at radius 1 is 1.00 bits per heavy atom. The van der Waals surface area contributed by atoms with Gasteiger partial charge in [0.2, 0.25) is 0 Å². The molecule has 0 heterocycles. The maximum Gasteiger partial charge on any atom is 0.426 e. The molecule has 3 saturated carbocycles. The zero-order valence-electron chi connectivity index (χ0n) is 13.2. The van der Waals surface area contributed by atoms with E-state index in [0.717, 1.165) is 12.8 Å². The van der Waals surface area contributed by atoms with Crippen molar-refractivity contribution < 1.29 is 31.4 Å². The van der Waals surface area contributed by atoms with E-state index in [0.29, 0.717) is 6.42 Å². The second kappa shape index (κ2) is 3.42. The lowest BCUT2D eigenvalue weighted by atomic mass is 9.42. The first-order chi connectivity index (χ1) is 10.1. The van der Waals surface area contributed by atoms with Crippen molar-refractivity contribution in [1.82, 2.24) is 0 Å². The van der Waals surface area contributed by atoms with Gasteiger partial charge in [-0.2, -0.15) is 26.3 Å². The van der Waals surface area contributed by atoms with Gasteiger partial charge in [-0.1, -0.05) is 20.8 Å². The van der Waals surface area contributed by atoms with Crippen LogP contribution in [-0.4, -0.2) is 23.1 Å². The number of halogens is 6. The van der Waals surface area contributed by atoms with E-state index in [1.165, 1.54) is 0 Å². The summed E-state index contributed by atoms with van der Waals surface area (Å²) in [4.78, 5) is 0. The normalized spacial score (nSPS) is 49.8. The molecule has 3 spiro atoms. The second-order valence-corrected chi connectivity index (χ2v) is 8.95. The van der Waals surface area contributed by atoms with Gasteiger partial charge in [-0.25, -0.2) is 0 Å². The smallest absolute Gasteiger partial charge is 0.374 e. The van der Waals surface area contributed by atoms with E-state index in [-0.39, 0.29) is 22.2 Å². The van der Waals surface area contributed by atoms with E-state index >= 15 is 0 Å². The maximum absolute atomic E-state index is 13.0. The van der Waals surface area contributed by atoms with Crippen molar-refractivity contribution in [2.45, 2.75) is 64.4 Å². The molecule has 0 saturated heterocycles. The minimum atomic E-state index is -5.70. The molecular weight excluding hydrogens is 322 g/mol. The number of aliphatic hydroxyl groups is 1. The first-order valence-corrected chi connectivity index (χ1v) is 7.99. The molecular formula is C16H20F6O. The summed E-state index contributed by atoms with van der Waals surface area (Å²) in [5.74, 6) is -0.558. The van der Waals surface area contributed by atoms with Crippen molar-refractivity contribution in [3.63, 3.8) is 0 Å². The lowest BCUT2D eigenvalue weighted by molar-refractivity contribution is -0.374. The SMILES string of the molecule is CC1C23CC4(CC2CC(O)(C(F)(F)F)C(F)(F)F)CC13C4(C)C. The lowest BCUT2D eigenvalue weighted by Crippen LogP contribution is -2.60. The fourth-order valence-electron chi connectivity index (χ4n) is 7.70. The van der Waals surface area contributed by atoms with Crippen molar-refractivity contribution in [2.75, 3.05) is 0 Å². The Balaban J connectivity index is 1.69. The highest BCUT2D eigenvalue weighted by atomic mass is 19.4. The molecule has 1 N–H and O–H groups in total. The molecule has 5 atom stereocenters. The van der Waals surface area contributed by atoms with Crippen LogP contribution in [0.5, 0.6) is 0 Å². The highest BCUT2D eigenvalue weighted by Crippen LogP contribution is 3.05. The summed E-state index contributed by atoms with van der Waals surface area (Å²) in [5, 5.41) is 9.57. The quantitative estimate of drug-likeness (QED) is 0.722. The average molecular weight is 342 g/mol. The van der Waals surface area contributed by atoms with Gasteiger partial charge < -0.3 is 5.11 Å². The minimum Gasteiger partial charge on any atom is -0.374 e. The summed E-state index contributed by atoms with van der Waals surface area (Å²) in [6.07, 6.45) is -10.6. The highest BCUT2D eigenvalue weighted by Gasteiger charge is 3.00.